The van der Waals surface area contributed by atoms with Crippen molar-refractivity contribution in [1.29, 1.82) is 0 Å². The number of carbonyl (C=O) groups excluding carboxylic acids is 1. The summed E-state index contributed by atoms with van der Waals surface area (Å²) in [4.78, 5) is 19.2. The first-order valence-electron chi connectivity index (χ1n) is 9.05. The van der Waals surface area contributed by atoms with E-state index in [0.29, 0.717) is 19.6 Å². The minimum Gasteiger partial charge on any atom is -0.380 e. The first kappa shape index (κ1) is 17.0. The fraction of sp³-hybridized carbons (Fsp3) is 0.579. The second-order valence-electron chi connectivity index (χ2n) is 6.40. The molecule has 1 atom stereocenters. The summed E-state index contributed by atoms with van der Waals surface area (Å²) in [7, 11) is 0. The smallest absolute Gasteiger partial charge is 0.223 e. The molecular formula is C19H27N3O2. The summed E-state index contributed by atoms with van der Waals surface area (Å²) < 4.78 is 7.79. The Morgan fingerprint density at radius 2 is 2.08 bits per heavy atom. The molecule has 5 heteroatoms. The molecule has 5 nitrogen and oxygen atoms in total. The maximum atomic E-state index is 12.3. The van der Waals surface area contributed by atoms with Gasteiger partial charge in [-0.05, 0) is 25.5 Å². The number of benzene rings is 1. The predicted molar refractivity (Wildman–Crippen MR) is 95.1 cm³/mol. The molecule has 0 bridgehead atoms. The van der Waals surface area contributed by atoms with Crippen molar-refractivity contribution in [3.05, 3.63) is 30.1 Å². The van der Waals surface area contributed by atoms with Gasteiger partial charge in [0.05, 0.1) is 17.6 Å². The molecule has 1 saturated heterocycles. The van der Waals surface area contributed by atoms with Crippen molar-refractivity contribution in [2.45, 2.75) is 45.6 Å². The Balaban J connectivity index is 1.85. The number of hydrogen-bond donors (Lipinski definition) is 0. The van der Waals surface area contributed by atoms with Crippen LogP contribution in [0.5, 0.6) is 0 Å². The van der Waals surface area contributed by atoms with Crippen LogP contribution in [0.4, 0.5) is 0 Å². The Kier molecular flexibility index (Phi) is 5.51. The normalized spacial score (nSPS) is 18.0. The zero-order valence-corrected chi connectivity index (χ0v) is 14.7. The molecule has 1 unspecified atom stereocenters. The van der Waals surface area contributed by atoms with Gasteiger partial charge in [-0.1, -0.05) is 25.5 Å². The minimum absolute atomic E-state index is 0.184. The maximum Gasteiger partial charge on any atom is 0.223 e. The zero-order chi connectivity index (χ0) is 16.9. The summed E-state index contributed by atoms with van der Waals surface area (Å²) in [5.41, 5.74) is 2.13. The molecule has 130 valence electrons. The molecule has 3 rings (SSSR count). The molecule has 0 N–H and O–H groups in total. The van der Waals surface area contributed by atoms with Crippen LogP contribution in [0, 0.1) is 0 Å². The van der Waals surface area contributed by atoms with E-state index < -0.39 is 0 Å². The van der Waals surface area contributed by atoms with E-state index in [1.54, 1.807) is 0 Å². The highest BCUT2D eigenvalue weighted by Crippen LogP contribution is 2.30. The number of fused-ring (bicyclic) bond motifs is 1. The molecule has 1 aromatic heterocycles. The summed E-state index contributed by atoms with van der Waals surface area (Å²) in [5.74, 6) is 1.48. The van der Waals surface area contributed by atoms with Gasteiger partial charge in [0.15, 0.2) is 0 Å². The molecule has 0 saturated carbocycles. The first-order valence-corrected chi connectivity index (χ1v) is 9.05. The Labute approximate surface area is 143 Å². The average Bonchev–Trinajstić information content (AvgIpc) is 3.14. The Hall–Kier alpha value is -1.88. The van der Waals surface area contributed by atoms with Crippen LogP contribution in [0.25, 0.3) is 11.0 Å². The Bertz CT molecular complexity index is 695. The molecule has 0 spiro atoms. The van der Waals surface area contributed by atoms with Crippen molar-refractivity contribution in [3.63, 3.8) is 0 Å². The number of amides is 1. The van der Waals surface area contributed by atoms with Crippen molar-refractivity contribution in [2.75, 3.05) is 26.3 Å². The van der Waals surface area contributed by atoms with Crippen LogP contribution >= 0.6 is 0 Å². The van der Waals surface area contributed by atoms with E-state index in [2.05, 4.69) is 17.6 Å². The molecule has 0 radical (unpaired) electrons. The number of likely N-dealkylation sites (tertiary alicyclic amines) is 1. The van der Waals surface area contributed by atoms with Crippen LogP contribution in [0.2, 0.25) is 0 Å². The van der Waals surface area contributed by atoms with Crippen molar-refractivity contribution in [3.8, 4) is 0 Å². The zero-order valence-electron chi connectivity index (χ0n) is 14.7. The third kappa shape index (κ3) is 3.46. The fourth-order valence-corrected chi connectivity index (χ4v) is 3.45. The van der Waals surface area contributed by atoms with Gasteiger partial charge in [0, 0.05) is 38.6 Å². The quantitative estimate of drug-likeness (QED) is 0.699. The Morgan fingerprint density at radius 1 is 1.25 bits per heavy atom. The van der Waals surface area contributed by atoms with Gasteiger partial charge < -0.3 is 14.2 Å². The summed E-state index contributed by atoms with van der Waals surface area (Å²) in [6, 6.07) is 8.20. The summed E-state index contributed by atoms with van der Waals surface area (Å²) >= 11 is 0. The third-order valence-electron chi connectivity index (χ3n) is 4.71. The van der Waals surface area contributed by atoms with Gasteiger partial charge >= 0.3 is 0 Å². The molecule has 24 heavy (non-hydrogen) atoms. The maximum absolute atomic E-state index is 12.3. The van der Waals surface area contributed by atoms with Gasteiger partial charge in [-0.25, -0.2) is 4.98 Å². The Morgan fingerprint density at radius 3 is 2.88 bits per heavy atom. The van der Waals surface area contributed by atoms with E-state index in [1.165, 1.54) is 0 Å². The van der Waals surface area contributed by atoms with E-state index >= 15 is 0 Å². The minimum atomic E-state index is 0.184. The molecule has 2 aromatic rings. The lowest BCUT2D eigenvalue weighted by molar-refractivity contribution is -0.127. The number of hydrogen-bond acceptors (Lipinski definition) is 3. The molecule has 1 aliphatic heterocycles. The highest BCUT2D eigenvalue weighted by molar-refractivity contribution is 5.80. The second kappa shape index (κ2) is 7.79. The highest BCUT2D eigenvalue weighted by Gasteiger charge is 2.33. The predicted octanol–water partition coefficient (Wildman–Crippen LogP) is 3.19. The van der Waals surface area contributed by atoms with Gasteiger partial charge in [0.25, 0.3) is 0 Å². The second-order valence-corrected chi connectivity index (χ2v) is 6.40. The topological polar surface area (TPSA) is 47.4 Å². The van der Waals surface area contributed by atoms with E-state index in [1.807, 2.05) is 30.0 Å². The monoisotopic (exact) mass is 329 g/mol. The highest BCUT2D eigenvalue weighted by atomic mass is 16.5. The number of rotatable bonds is 8. The first-order chi connectivity index (χ1) is 11.7. The van der Waals surface area contributed by atoms with Gasteiger partial charge in [-0.2, -0.15) is 0 Å². The molecule has 1 amide bonds. The SMILES string of the molecule is CCCCN1CC(c2nc3ccccc3n2CCOCC)CC1=O. The van der Waals surface area contributed by atoms with Crippen LogP contribution < -0.4 is 0 Å². The van der Waals surface area contributed by atoms with Crippen LogP contribution in [-0.2, 0) is 16.1 Å². The van der Waals surface area contributed by atoms with Crippen molar-refractivity contribution in [1.82, 2.24) is 14.5 Å². The van der Waals surface area contributed by atoms with Crippen molar-refractivity contribution in [2.24, 2.45) is 0 Å². The molecule has 1 aliphatic rings. The third-order valence-corrected chi connectivity index (χ3v) is 4.71. The van der Waals surface area contributed by atoms with Gasteiger partial charge in [-0.3, -0.25) is 4.79 Å². The molecule has 2 heterocycles. The number of imidazole rings is 1. The lowest BCUT2D eigenvalue weighted by atomic mass is 10.1. The van der Waals surface area contributed by atoms with E-state index in [-0.39, 0.29) is 11.8 Å². The number of aromatic nitrogens is 2. The molecule has 1 aromatic carbocycles. The lowest BCUT2D eigenvalue weighted by Gasteiger charge is -2.17. The molecular weight excluding hydrogens is 302 g/mol. The summed E-state index contributed by atoms with van der Waals surface area (Å²) in [6.07, 6.45) is 2.75. The van der Waals surface area contributed by atoms with Gasteiger partial charge in [0.1, 0.15) is 5.82 Å². The number of unbranched alkanes of at least 4 members (excludes halogenated alkanes) is 1. The van der Waals surface area contributed by atoms with E-state index in [0.717, 1.165) is 49.3 Å². The molecule has 0 aliphatic carbocycles. The summed E-state index contributed by atoms with van der Waals surface area (Å²) in [6.45, 7) is 7.99. The fourth-order valence-electron chi connectivity index (χ4n) is 3.45. The van der Waals surface area contributed by atoms with Crippen LogP contribution in [0.1, 0.15) is 44.9 Å². The summed E-state index contributed by atoms with van der Waals surface area (Å²) in [5, 5.41) is 0. The molecule has 1 fully saturated rings. The van der Waals surface area contributed by atoms with E-state index in [4.69, 9.17) is 9.72 Å². The number of ether oxygens (including phenoxy) is 1. The lowest BCUT2D eigenvalue weighted by Crippen LogP contribution is -2.26. The number of nitrogens with zero attached hydrogens (tertiary/aromatic N) is 3. The van der Waals surface area contributed by atoms with Crippen molar-refractivity contribution >= 4 is 16.9 Å². The van der Waals surface area contributed by atoms with E-state index in [9.17, 15) is 4.79 Å². The van der Waals surface area contributed by atoms with Crippen LogP contribution in [0.3, 0.4) is 0 Å². The van der Waals surface area contributed by atoms with Crippen molar-refractivity contribution < 1.29 is 9.53 Å². The van der Waals surface area contributed by atoms with Crippen LogP contribution in [-0.4, -0.2) is 46.7 Å². The van der Waals surface area contributed by atoms with Gasteiger partial charge in [0.2, 0.25) is 5.91 Å². The number of carbonyl (C=O) groups is 1. The average molecular weight is 329 g/mol. The largest absolute Gasteiger partial charge is 0.380 e. The van der Waals surface area contributed by atoms with Gasteiger partial charge in [-0.15, -0.1) is 0 Å². The van der Waals surface area contributed by atoms with Crippen LogP contribution in [0.15, 0.2) is 24.3 Å². The standard InChI is InChI=1S/C19H27N3O2/c1-3-5-10-21-14-15(13-18(21)23)19-20-16-8-6-7-9-17(16)22(19)11-12-24-4-2/h6-9,15H,3-5,10-14H2,1-2H3. The number of para-hydroxylation sites is 2.